The van der Waals surface area contributed by atoms with Gasteiger partial charge in [0.2, 0.25) is 0 Å². The molecule has 114 valence electrons. The molecule has 0 bridgehead atoms. The van der Waals surface area contributed by atoms with E-state index < -0.39 is 5.97 Å². The van der Waals surface area contributed by atoms with E-state index in [1.54, 1.807) is 12.1 Å². The second-order valence-corrected chi connectivity index (χ2v) is 4.83. The van der Waals surface area contributed by atoms with Gasteiger partial charge in [-0.2, -0.15) is 0 Å². The van der Waals surface area contributed by atoms with Crippen molar-refractivity contribution in [2.45, 2.75) is 19.4 Å². The molecule has 0 aromatic heterocycles. The Labute approximate surface area is 132 Å². The summed E-state index contributed by atoms with van der Waals surface area (Å²) >= 11 is 0. The number of carbonyl (C=O) groups is 1. The highest BCUT2D eigenvalue weighted by Gasteiger charge is 2.11. The SMILES string of the molecule is Cl.Cl.O=C(O)c1ccc(CNCC2CCNCC2)cc1. The maximum atomic E-state index is 10.7. The van der Waals surface area contributed by atoms with Crippen LogP contribution in [0.1, 0.15) is 28.8 Å². The Morgan fingerprint density at radius 2 is 1.80 bits per heavy atom. The molecule has 1 saturated heterocycles. The number of aromatic carboxylic acids is 1. The van der Waals surface area contributed by atoms with Gasteiger partial charge in [-0.05, 0) is 56.1 Å². The zero-order chi connectivity index (χ0) is 12.8. The quantitative estimate of drug-likeness (QED) is 0.779. The average Bonchev–Trinajstić information content (AvgIpc) is 2.40. The molecule has 0 radical (unpaired) electrons. The molecule has 0 atom stereocenters. The van der Waals surface area contributed by atoms with Crippen molar-refractivity contribution in [3.8, 4) is 0 Å². The van der Waals surface area contributed by atoms with Gasteiger partial charge in [0.1, 0.15) is 0 Å². The van der Waals surface area contributed by atoms with Gasteiger partial charge in [-0.15, -0.1) is 24.8 Å². The van der Waals surface area contributed by atoms with E-state index in [2.05, 4.69) is 10.6 Å². The van der Waals surface area contributed by atoms with E-state index in [0.717, 1.165) is 37.7 Å². The number of benzene rings is 1. The van der Waals surface area contributed by atoms with E-state index >= 15 is 0 Å². The van der Waals surface area contributed by atoms with Crippen molar-refractivity contribution in [1.82, 2.24) is 10.6 Å². The average molecular weight is 321 g/mol. The van der Waals surface area contributed by atoms with Crippen LogP contribution in [0.2, 0.25) is 0 Å². The molecule has 1 fully saturated rings. The van der Waals surface area contributed by atoms with Crippen LogP contribution in [-0.2, 0) is 6.54 Å². The van der Waals surface area contributed by atoms with E-state index in [0.29, 0.717) is 5.56 Å². The van der Waals surface area contributed by atoms with E-state index in [4.69, 9.17) is 5.11 Å². The molecule has 0 unspecified atom stereocenters. The summed E-state index contributed by atoms with van der Waals surface area (Å²) in [7, 11) is 0. The predicted octanol–water partition coefficient (Wildman–Crippen LogP) is 2.32. The Bertz CT molecular complexity index is 393. The van der Waals surface area contributed by atoms with E-state index in [1.807, 2.05) is 12.1 Å². The molecule has 0 saturated carbocycles. The third-order valence-electron chi connectivity index (χ3n) is 3.42. The lowest BCUT2D eigenvalue weighted by Gasteiger charge is -2.22. The normalized spacial score (nSPS) is 15.0. The molecule has 0 amide bonds. The Kier molecular flexibility index (Phi) is 9.59. The molecule has 0 aliphatic carbocycles. The van der Waals surface area contributed by atoms with Crippen molar-refractivity contribution in [2.75, 3.05) is 19.6 Å². The van der Waals surface area contributed by atoms with Gasteiger partial charge >= 0.3 is 5.97 Å². The maximum absolute atomic E-state index is 10.7. The smallest absolute Gasteiger partial charge is 0.335 e. The van der Waals surface area contributed by atoms with Gasteiger partial charge in [-0.1, -0.05) is 12.1 Å². The first-order valence-electron chi connectivity index (χ1n) is 6.49. The highest BCUT2D eigenvalue weighted by Crippen LogP contribution is 2.10. The summed E-state index contributed by atoms with van der Waals surface area (Å²) in [5.74, 6) is -0.103. The topological polar surface area (TPSA) is 61.4 Å². The van der Waals surface area contributed by atoms with Gasteiger partial charge in [-0.3, -0.25) is 0 Å². The highest BCUT2D eigenvalue weighted by molar-refractivity contribution is 5.87. The molecule has 1 aliphatic heterocycles. The Hall–Kier alpha value is -0.810. The van der Waals surface area contributed by atoms with Crippen LogP contribution in [0.25, 0.3) is 0 Å². The fourth-order valence-electron chi connectivity index (χ4n) is 2.27. The molecular formula is C14H22Cl2N2O2. The summed E-state index contributed by atoms with van der Waals surface area (Å²) in [4.78, 5) is 10.7. The van der Waals surface area contributed by atoms with E-state index in [1.165, 1.54) is 12.8 Å². The molecule has 0 spiro atoms. The van der Waals surface area contributed by atoms with Gasteiger partial charge in [0.05, 0.1) is 5.56 Å². The van der Waals surface area contributed by atoms with Crippen molar-refractivity contribution >= 4 is 30.8 Å². The molecule has 6 heteroatoms. The van der Waals surface area contributed by atoms with Crippen LogP contribution < -0.4 is 10.6 Å². The molecule has 2 rings (SSSR count). The number of hydrogen-bond donors (Lipinski definition) is 3. The molecule has 4 nitrogen and oxygen atoms in total. The lowest BCUT2D eigenvalue weighted by atomic mass is 9.98. The molecule has 1 heterocycles. The second-order valence-electron chi connectivity index (χ2n) is 4.83. The fourth-order valence-corrected chi connectivity index (χ4v) is 2.27. The van der Waals surface area contributed by atoms with Gasteiger partial charge < -0.3 is 15.7 Å². The number of rotatable bonds is 5. The van der Waals surface area contributed by atoms with Crippen LogP contribution in [0.4, 0.5) is 0 Å². The minimum atomic E-state index is -0.871. The molecule has 1 aliphatic rings. The minimum Gasteiger partial charge on any atom is -0.478 e. The fraction of sp³-hybridized carbons (Fsp3) is 0.500. The number of nitrogens with one attached hydrogen (secondary N) is 2. The second kappa shape index (κ2) is 10.00. The number of carboxylic acid groups (broad SMARTS) is 1. The zero-order valence-electron chi connectivity index (χ0n) is 11.3. The standard InChI is InChI=1S/C14H20N2O2.2ClH/c17-14(18)13-3-1-11(2-4-13)9-16-10-12-5-7-15-8-6-12;;/h1-4,12,15-16H,5-10H2,(H,17,18);2*1H. The Morgan fingerprint density at radius 3 is 2.35 bits per heavy atom. The third kappa shape index (κ3) is 6.09. The molecule has 3 N–H and O–H groups in total. The van der Waals surface area contributed by atoms with Gasteiger partial charge in [0.15, 0.2) is 0 Å². The van der Waals surface area contributed by atoms with Crippen LogP contribution in [0, 0.1) is 5.92 Å². The number of carboxylic acids is 1. The van der Waals surface area contributed by atoms with E-state index in [9.17, 15) is 4.79 Å². The summed E-state index contributed by atoms with van der Waals surface area (Å²) < 4.78 is 0. The summed E-state index contributed by atoms with van der Waals surface area (Å²) in [5, 5.41) is 15.6. The summed E-state index contributed by atoms with van der Waals surface area (Å²) in [6.07, 6.45) is 2.48. The van der Waals surface area contributed by atoms with Crippen molar-refractivity contribution in [1.29, 1.82) is 0 Å². The minimum absolute atomic E-state index is 0. The Morgan fingerprint density at radius 1 is 1.20 bits per heavy atom. The first-order valence-corrected chi connectivity index (χ1v) is 6.49. The van der Waals surface area contributed by atoms with Crippen LogP contribution in [-0.4, -0.2) is 30.7 Å². The molecular weight excluding hydrogens is 299 g/mol. The van der Waals surface area contributed by atoms with Crippen LogP contribution in [0.5, 0.6) is 0 Å². The lowest BCUT2D eigenvalue weighted by Crippen LogP contribution is -2.33. The van der Waals surface area contributed by atoms with Crippen molar-refractivity contribution in [3.63, 3.8) is 0 Å². The molecule has 1 aromatic rings. The first-order chi connectivity index (χ1) is 8.75. The monoisotopic (exact) mass is 320 g/mol. The zero-order valence-corrected chi connectivity index (χ0v) is 12.9. The highest BCUT2D eigenvalue weighted by atomic mass is 35.5. The predicted molar refractivity (Wildman–Crippen MR) is 85.2 cm³/mol. The van der Waals surface area contributed by atoms with Crippen molar-refractivity contribution in [3.05, 3.63) is 35.4 Å². The Balaban J connectivity index is 0.00000180. The van der Waals surface area contributed by atoms with Crippen LogP contribution in [0.3, 0.4) is 0 Å². The van der Waals surface area contributed by atoms with Crippen molar-refractivity contribution < 1.29 is 9.90 Å². The van der Waals surface area contributed by atoms with Gasteiger partial charge in [0.25, 0.3) is 0 Å². The number of hydrogen-bond acceptors (Lipinski definition) is 3. The van der Waals surface area contributed by atoms with Crippen molar-refractivity contribution in [2.24, 2.45) is 5.92 Å². The number of halogens is 2. The summed E-state index contributed by atoms with van der Waals surface area (Å²) in [6.45, 7) is 4.10. The largest absolute Gasteiger partial charge is 0.478 e. The third-order valence-corrected chi connectivity index (χ3v) is 3.42. The van der Waals surface area contributed by atoms with Gasteiger partial charge in [0, 0.05) is 6.54 Å². The molecule has 1 aromatic carbocycles. The number of piperidine rings is 1. The first kappa shape index (κ1) is 19.2. The summed E-state index contributed by atoms with van der Waals surface area (Å²) in [5.41, 5.74) is 1.48. The maximum Gasteiger partial charge on any atom is 0.335 e. The molecule has 20 heavy (non-hydrogen) atoms. The van der Waals surface area contributed by atoms with Gasteiger partial charge in [-0.25, -0.2) is 4.79 Å². The van der Waals surface area contributed by atoms with Crippen LogP contribution in [0.15, 0.2) is 24.3 Å². The van der Waals surface area contributed by atoms with Crippen LogP contribution >= 0.6 is 24.8 Å². The lowest BCUT2D eigenvalue weighted by molar-refractivity contribution is 0.0697. The summed E-state index contributed by atoms with van der Waals surface area (Å²) in [6, 6.07) is 7.06. The van der Waals surface area contributed by atoms with E-state index in [-0.39, 0.29) is 24.8 Å².